The van der Waals surface area contributed by atoms with E-state index in [-0.39, 0.29) is 11.5 Å². The number of carboxylic acid groups (broad SMARTS) is 1. The van der Waals surface area contributed by atoms with Gasteiger partial charge in [0.1, 0.15) is 5.78 Å². The number of amides is 1. The van der Waals surface area contributed by atoms with E-state index in [0.717, 1.165) is 25.9 Å². The van der Waals surface area contributed by atoms with Crippen molar-refractivity contribution in [3.05, 3.63) is 0 Å². The highest BCUT2D eigenvalue weighted by atomic mass is 16.4. The van der Waals surface area contributed by atoms with Crippen LogP contribution in [0.1, 0.15) is 46.5 Å². The van der Waals surface area contributed by atoms with Gasteiger partial charge in [-0.3, -0.25) is 9.69 Å². The molecule has 0 aliphatic carbocycles. The van der Waals surface area contributed by atoms with Crippen LogP contribution in [0, 0.1) is 5.41 Å². The zero-order valence-electron chi connectivity index (χ0n) is 12.8. The molecule has 0 aromatic carbocycles. The zero-order chi connectivity index (χ0) is 14.9. The summed E-state index contributed by atoms with van der Waals surface area (Å²) in [5.74, 6) is 0.358. The average molecular weight is 282 g/mol. The van der Waals surface area contributed by atoms with Crippen LogP contribution in [0.15, 0.2) is 0 Å². The second-order valence-corrected chi connectivity index (χ2v) is 7.11. The maximum Gasteiger partial charge on any atom is 0.407 e. The lowest BCUT2D eigenvalue weighted by molar-refractivity contribution is -0.122. The van der Waals surface area contributed by atoms with Gasteiger partial charge in [-0.1, -0.05) is 20.8 Å². The maximum atomic E-state index is 11.4. The fourth-order valence-electron chi connectivity index (χ4n) is 3.47. The first-order valence-electron chi connectivity index (χ1n) is 7.54. The number of hydrogen-bond donors (Lipinski definition) is 1. The number of piperidine rings is 2. The third-order valence-electron chi connectivity index (χ3n) is 4.69. The molecule has 2 unspecified atom stereocenters. The molecule has 2 rings (SSSR count). The first kappa shape index (κ1) is 15.3. The molecular weight excluding hydrogens is 256 g/mol. The molecule has 20 heavy (non-hydrogen) atoms. The van der Waals surface area contributed by atoms with E-state index in [1.54, 1.807) is 4.90 Å². The third-order valence-corrected chi connectivity index (χ3v) is 4.69. The number of carbonyl (C=O) groups excluding carboxylic acids is 1. The summed E-state index contributed by atoms with van der Waals surface area (Å²) in [6.07, 6.45) is 2.26. The molecule has 1 N–H and O–H groups in total. The smallest absolute Gasteiger partial charge is 0.407 e. The summed E-state index contributed by atoms with van der Waals surface area (Å²) in [6, 6.07) is 0.472. The fraction of sp³-hybridized carbons (Fsp3) is 0.867. The lowest BCUT2D eigenvalue weighted by Gasteiger charge is -2.47. The number of hydrogen-bond acceptors (Lipinski definition) is 3. The molecule has 1 amide bonds. The zero-order valence-corrected chi connectivity index (χ0v) is 12.8. The van der Waals surface area contributed by atoms with Crippen LogP contribution in [0.5, 0.6) is 0 Å². The molecule has 114 valence electrons. The van der Waals surface area contributed by atoms with Crippen LogP contribution in [0.2, 0.25) is 0 Å². The normalized spacial score (nSPS) is 29.6. The molecular formula is C15H26N2O3. The van der Waals surface area contributed by atoms with Gasteiger partial charge in [-0.25, -0.2) is 4.79 Å². The molecule has 2 atom stereocenters. The van der Waals surface area contributed by atoms with Crippen molar-refractivity contribution >= 4 is 11.9 Å². The number of carbonyl (C=O) groups is 2. The molecule has 2 fully saturated rings. The summed E-state index contributed by atoms with van der Waals surface area (Å²) in [5, 5.41) is 9.37. The molecule has 0 bridgehead atoms. The second kappa shape index (κ2) is 5.72. The monoisotopic (exact) mass is 282 g/mol. The molecule has 2 heterocycles. The lowest BCUT2D eigenvalue weighted by atomic mass is 9.78. The molecule has 0 radical (unpaired) electrons. The van der Waals surface area contributed by atoms with Crippen molar-refractivity contribution in [2.24, 2.45) is 5.41 Å². The molecule has 5 nitrogen and oxygen atoms in total. The van der Waals surface area contributed by atoms with E-state index in [9.17, 15) is 14.7 Å². The molecule has 0 aromatic heterocycles. The Morgan fingerprint density at radius 3 is 2.30 bits per heavy atom. The molecule has 0 spiro atoms. The summed E-state index contributed by atoms with van der Waals surface area (Å²) >= 11 is 0. The Bertz CT molecular complexity index is 379. The van der Waals surface area contributed by atoms with Crippen molar-refractivity contribution in [3.63, 3.8) is 0 Å². The lowest BCUT2D eigenvalue weighted by Crippen LogP contribution is -2.56. The molecule has 2 aliphatic heterocycles. The Morgan fingerprint density at radius 1 is 1.20 bits per heavy atom. The van der Waals surface area contributed by atoms with Crippen molar-refractivity contribution in [1.29, 1.82) is 0 Å². The predicted molar refractivity (Wildman–Crippen MR) is 76.8 cm³/mol. The van der Waals surface area contributed by atoms with Crippen LogP contribution < -0.4 is 0 Å². The van der Waals surface area contributed by atoms with Crippen molar-refractivity contribution in [3.8, 4) is 0 Å². The fourth-order valence-corrected chi connectivity index (χ4v) is 3.47. The van der Waals surface area contributed by atoms with Gasteiger partial charge >= 0.3 is 6.09 Å². The van der Waals surface area contributed by atoms with E-state index in [0.29, 0.717) is 31.2 Å². The summed E-state index contributed by atoms with van der Waals surface area (Å²) < 4.78 is 0. The van der Waals surface area contributed by atoms with Crippen LogP contribution in [0.4, 0.5) is 4.79 Å². The van der Waals surface area contributed by atoms with Gasteiger partial charge in [0, 0.05) is 44.6 Å². The van der Waals surface area contributed by atoms with E-state index in [1.165, 1.54) is 0 Å². The van der Waals surface area contributed by atoms with Crippen molar-refractivity contribution in [2.45, 2.75) is 58.5 Å². The Kier molecular flexibility index (Phi) is 4.37. The number of likely N-dealkylation sites (tertiary alicyclic amines) is 2. The number of rotatable bonds is 1. The molecule has 5 heteroatoms. The summed E-state index contributed by atoms with van der Waals surface area (Å²) in [7, 11) is 0. The third kappa shape index (κ3) is 3.32. The van der Waals surface area contributed by atoms with Gasteiger partial charge in [-0.05, 0) is 18.3 Å². The van der Waals surface area contributed by atoms with Crippen molar-refractivity contribution in [1.82, 2.24) is 9.80 Å². The van der Waals surface area contributed by atoms with Gasteiger partial charge in [0.2, 0.25) is 0 Å². The molecule has 0 aromatic rings. The van der Waals surface area contributed by atoms with Crippen LogP contribution in [0.3, 0.4) is 0 Å². The van der Waals surface area contributed by atoms with Crippen LogP contribution in [0.25, 0.3) is 0 Å². The molecule has 0 saturated carbocycles. The van der Waals surface area contributed by atoms with Gasteiger partial charge in [0.05, 0.1) is 0 Å². The van der Waals surface area contributed by atoms with E-state index < -0.39 is 6.09 Å². The first-order valence-corrected chi connectivity index (χ1v) is 7.54. The van der Waals surface area contributed by atoms with E-state index in [4.69, 9.17) is 0 Å². The van der Waals surface area contributed by atoms with E-state index in [1.807, 2.05) is 0 Å². The van der Waals surface area contributed by atoms with Gasteiger partial charge < -0.3 is 10.0 Å². The first-order chi connectivity index (χ1) is 9.29. The Hall–Kier alpha value is -1.10. The Labute approximate surface area is 120 Å². The highest BCUT2D eigenvalue weighted by molar-refractivity contribution is 5.79. The number of nitrogens with zero attached hydrogens (tertiary/aromatic N) is 2. The second-order valence-electron chi connectivity index (χ2n) is 7.11. The largest absolute Gasteiger partial charge is 0.465 e. The van der Waals surface area contributed by atoms with Crippen LogP contribution in [-0.2, 0) is 4.79 Å². The highest BCUT2D eigenvalue weighted by Gasteiger charge is 2.40. The minimum absolute atomic E-state index is 0.0522. The minimum Gasteiger partial charge on any atom is -0.465 e. The topological polar surface area (TPSA) is 60.9 Å². The highest BCUT2D eigenvalue weighted by Crippen LogP contribution is 2.34. The minimum atomic E-state index is -0.808. The quantitative estimate of drug-likeness (QED) is 0.801. The SMILES string of the molecule is CC(C)(C)C1CC(N2CCC(=O)CC2)CCN1C(=O)O. The van der Waals surface area contributed by atoms with Gasteiger partial charge in [-0.15, -0.1) is 0 Å². The maximum absolute atomic E-state index is 11.4. The van der Waals surface area contributed by atoms with Crippen molar-refractivity contribution in [2.75, 3.05) is 19.6 Å². The van der Waals surface area contributed by atoms with Crippen LogP contribution >= 0.6 is 0 Å². The van der Waals surface area contributed by atoms with Crippen molar-refractivity contribution < 1.29 is 14.7 Å². The Morgan fingerprint density at radius 2 is 1.80 bits per heavy atom. The molecule has 2 aliphatic rings. The summed E-state index contributed by atoms with van der Waals surface area (Å²) in [6.45, 7) is 8.61. The molecule has 2 saturated heterocycles. The number of ketones is 1. The number of Topliss-reactive ketones (excluding diaryl/α,β-unsaturated/α-hetero) is 1. The van der Waals surface area contributed by atoms with E-state index >= 15 is 0 Å². The predicted octanol–water partition coefficient (Wildman–Crippen LogP) is 2.21. The van der Waals surface area contributed by atoms with Gasteiger partial charge in [0.25, 0.3) is 0 Å². The van der Waals surface area contributed by atoms with Crippen LogP contribution in [-0.4, -0.2) is 58.5 Å². The standard InChI is InChI=1S/C15H26N2O3/c1-15(2,3)13-10-11(4-9-17(13)14(19)20)16-7-5-12(18)6-8-16/h11,13H,4-10H2,1-3H3,(H,19,20). The Balaban J connectivity index is 2.05. The summed E-state index contributed by atoms with van der Waals surface area (Å²) in [5.41, 5.74) is -0.0529. The van der Waals surface area contributed by atoms with Gasteiger partial charge in [0.15, 0.2) is 0 Å². The van der Waals surface area contributed by atoms with E-state index in [2.05, 4.69) is 25.7 Å². The van der Waals surface area contributed by atoms with Gasteiger partial charge in [-0.2, -0.15) is 0 Å². The average Bonchev–Trinajstić information content (AvgIpc) is 2.38. The summed E-state index contributed by atoms with van der Waals surface area (Å²) in [4.78, 5) is 26.7.